The molecular formula is C18H15N3O. The van der Waals surface area contributed by atoms with Crippen LogP contribution in [-0.2, 0) is 6.54 Å². The Balaban J connectivity index is 1.67. The number of rotatable bonds is 3. The van der Waals surface area contributed by atoms with Gasteiger partial charge in [0.2, 0.25) is 0 Å². The maximum absolute atomic E-state index is 10.2. The van der Waals surface area contributed by atoms with Crippen LogP contribution in [0.1, 0.15) is 5.56 Å². The van der Waals surface area contributed by atoms with Crippen LogP contribution in [0.15, 0.2) is 60.8 Å². The highest BCUT2D eigenvalue weighted by atomic mass is 16.3. The summed E-state index contributed by atoms with van der Waals surface area (Å²) >= 11 is 0. The van der Waals surface area contributed by atoms with Crippen LogP contribution in [0.25, 0.3) is 21.7 Å². The van der Waals surface area contributed by atoms with Gasteiger partial charge in [-0.05, 0) is 35.0 Å². The minimum absolute atomic E-state index is 0.315. The van der Waals surface area contributed by atoms with E-state index in [4.69, 9.17) is 0 Å². The van der Waals surface area contributed by atoms with Crippen LogP contribution in [-0.4, -0.2) is 15.3 Å². The molecule has 0 atom stereocenters. The minimum atomic E-state index is 0.315. The third kappa shape index (κ3) is 2.15. The van der Waals surface area contributed by atoms with Gasteiger partial charge in [0.05, 0.1) is 11.7 Å². The number of aromatic hydroxyl groups is 1. The topological polar surface area (TPSA) is 60.9 Å². The first-order chi connectivity index (χ1) is 10.8. The van der Waals surface area contributed by atoms with Gasteiger partial charge in [-0.25, -0.2) is 0 Å². The van der Waals surface area contributed by atoms with Crippen molar-refractivity contribution in [2.75, 3.05) is 5.32 Å². The molecule has 3 aromatic carbocycles. The first kappa shape index (κ1) is 12.7. The van der Waals surface area contributed by atoms with Crippen molar-refractivity contribution in [3.05, 3.63) is 66.4 Å². The Bertz CT molecular complexity index is 959. The van der Waals surface area contributed by atoms with Gasteiger partial charge in [-0.1, -0.05) is 30.3 Å². The Kier molecular flexibility index (Phi) is 2.93. The Hall–Kier alpha value is -3.01. The van der Waals surface area contributed by atoms with E-state index in [2.05, 4.69) is 21.6 Å². The van der Waals surface area contributed by atoms with Gasteiger partial charge in [0.1, 0.15) is 5.75 Å². The molecule has 0 spiro atoms. The summed E-state index contributed by atoms with van der Waals surface area (Å²) in [5.41, 5.74) is 2.92. The fourth-order valence-corrected chi connectivity index (χ4v) is 2.75. The summed E-state index contributed by atoms with van der Waals surface area (Å²) in [7, 11) is 0. The lowest BCUT2D eigenvalue weighted by Gasteiger charge is -2.11. The van der Waals surface area contributed by atoms with Crippen LogP contribution in [0.5, 0.6) is 5.75 Å². The Morgan fingerprint density at radius 3 is 2.86 bits per heavy atom. The minimum Gasteiger partial charge on any atom is -0.508 e. The molecule has 0 aliphatic rings. The van der Waals surface area contributed by atoms with E-state index in [1.807, 2.05) is 42.5 Å². The number of phenols is 1. The van der Waals surface area contributed by atoms with Crippen molar-refractivity contribution in [1.82, 2.24) is 10.2 Å². The molecular weight excluding hydrogens is 274 g/mol. The number of anilines is 1. The van der Waals surface area contributed by atoms with E-state index in [0.717, 1.165) is 32.9 Å². The van der Waals surface area contributed by atoms with Crippen LogP contribution >= 0.6 is 0 Å². The molecule has 4 heteroatoms. The molecule has 0 aliphatic carbocycles. The normalized spacial score (nSPS) is 11.1. The first-order valence-electron chi connectivity index (χ1n) is 7.18. The summed E-state index contributed by atoms with van der Waals surface area (Å²) in [6, 6.07) is 17.8. The quantitative estimate of drug-likeness (QED) is 0.533. The van der Waals surface area contributed by atoms with Crippen LogP contribution in [0.2, 0.25) is 0 Å². The van der Waals surface area contributed by atoms with Crippen LogP contribution in [0.4, 0.5) is 5.69 Å². The van der Waals surface area contributed by atoms with E-state index >= 15 is 0 Å². The van der Waals surface area contributed by atoms with Gasteiger partial charge in [0.15, 0.2) is 0 Å². The molecule has 1 aromatic heterocycles. The maximum atomic E-state index is 10.2. The summed E-state index contributed by atoms with van der Waals surface area (Å²) in [5, 5.41) is 23.8. The zero-order chi connectivity index (χ0) is 14.9. The second-order valence-electron chi connectivity index (χ2n) is 5.31. The zero-order valence-electron chi connectivity index (χ0n) is 11.9. The maximum Gasteiger partial charge on any atom is 0.121 e. The second kappa shape index (κ2) is 5.07. The standard InChI is InChI=1S/C18H15N3O/c22-18-8-5-12-3-1-2-4-15(12)16(18)11-19-14-6-7-17-13(9-14)10-20-21-17/h1-10,19,22H,11H2,(H,20,21). The molecule has 4 aromatic rings. The van der Waals surface area contributed by atoms with Crippen LogP contribution < -0.4 is 5.32 Å². The number of aromatic nitrogens is 2. The number of benzene rings is 3. The number of fused-ring (bicyclic) bond motifs is 2. The lowest BCUT2D eigenvalue weighted by molar-refractivity contribution is 0.470. The molecule has 4 rings (SSSR count). The summed E-state index contributed by atoms with van der Waals surface area (Å²) in [6.45, 7) is 0.566. The van der Waals surface area contributed by atoms with Crippen molar-refractivity contribution in [3.63, 3.8) is 0 Å². The molecule has 0 unspecified atom stereocenters. The fourth-order valence-electron chi connectivity index (χ4n) is 2.75. The van der Waals surface area contributed by atoms with E-state index in [9.17, 15) is 5.11 Å². The van der Waals surface area contributed by atoms with Crippen LogP contribution in [0, 0.1) is 0 Å². The third-order valence-electron chi connectivity index (χ3n) is 3.93. The zero-order valence-corrected chi connectivity index (χ0v) is 11.9. The second-order valence-corrected chi connectivity index (χ2v) is 5.31. The average Bonchev–Trinajstić information content (AvgIpc) is 3.01. The van der Waals surface area contributed by atoms with Crippen molar-refractivity contribution in [3.8, 4) is 5.75 Å². The van der Waals surface area contributed by atoms with Gasteiger partial charge < -0.3 is 10.4 Å². The molecule has 0 saturated carbocycles. The molecule has 0 amide bonds. The van der Waals surface area contributed by atoms with Crippen molar-refractivity contribution in [2.24, 2.45) is 0 Å². The number of nitrogens with zero attached hydrogens (tertiary/aromatic N) is 1. The molecule has 22 heavy (non-hydrogen) atoms. The highest BCUT2D eigenvalue weighted by Crippen LogP contribution is 2.28. The summed E-state index contributed by atoms with van der Waals surface area (Å²) in [6.07, 6.45) is 1.80. The summed E-state index contributed by atoms with van der Waals surface area (Å²) < 4.78 is 0. The predicted molar refractivity (Wildman–Crippen MR) is 89.0 cm³/mol. The molecule has 1 heterocycles. The first-order valence-corrected chi connectivity index (χ1v) is 7.18. The smallest absolute Gasteiger partial charge is 0.121 e. The molecule has 0 aliphatic heterocycles. The van der Waals surface area contributed by atoms with E-state index in [1.54, 1.807) is 12.3 Å². The monoisotopic (exact) mass is 289 g/mol. The van der Waals surface area contributed by atoms with Gasteiger partial charge in [0, 0.05) is 23.2 Å². The third-order valence-corrected chi connectivity index (χ3v) is 3.93. The molecule has 0 fully saturated rings. The largest absolute Gasteiger partial charge is 0.508 e. The number of H-pyrrole nitrogens is 1. The number of hydrogen-bond acceptors (Lipinski definition) is 3. The van der Waals surface area contributed by atoms with Gasteiger partial charge >= 0.3 is 0 Å². The summed E-state index contributed by atoms with van der Waals surface area (Å²) in [4.78, 5) is 0. The molecule has 4 nitrogen and oxygen atoms in total. The van der Waals surface area contributed by atoms with Crippen molar-refractivity contribution in [1.29, 1.82) is 0 Å². The summed E-state index contributed by atoms with van der Waals surface area (Å²) in [5.74, 6) is 0.315. The lowest BCUT2D eigenvalue weighted by atomic mass is 10.0. The van der Waals surface area contributed by atoms with Crippen LogP contribution in [0.3, 0.4) is 0 Å². The molecule has 3 N–H and O–H groups in total. The Labute approximate surface area is 127 Å². The van der Waals surface area contributed by atoms with E-state index in [0.29, 0.717) is 12.3 Å². The average molecular weight is 289 g/mol. The van der Waals surface area contributed by atoms with Gasteiger partial charge in [-0.2, -0.15) is 5.10 Å². The number of nitrogens with one attached hydrogen (secondary N) is 2. The van der Waals surface area contributed by atoms with Crippen molar-refractivity contribution in [2.45, 2.75) is 6.54 Å². The van der Waals surface area contributed by atoms with Gasteiger partial charge in [-0.3, -0.25) is 5.10 Å². The van der Waals surface area contributed by atoms with Crippen molar-refractivity contribution >= 4 is 27.4 Å². The molecule has 0 saturated heterocycles. The highest BCUT2D eigenvalue weighted by Gasteiger charge is 2.07. The Morgan fingerprint density at radius 2 is 1.91 bits per heavy atom. The SMILES string of the molecule is Oc1ccc2ccccc2c1CNc1ccc2[nH]ncc2c1. The molecule has 0 radical (unpaired) electrons. The fraction of sp³-hybridized carbons (Fsp3) is 0.0556. The number of phenolic OH excluding ortho intramolecular Hbond substituents is 1. The van der Waals surface area contributed by atoms with Crippen molar-refractivity contribution < 1.29 is 5.11 Å². The molecule has 0 bridgehead atoms. The van der Waals surface area contributed by atoms with E-state index < -0.39 is 0 Å². The number of aromatic amines is 1. The highest BCUT2D eigenvalue weighted by molar-refractivity contribution is 5.88. The van der Waals surface area contributed by atoms with Gasteiger partial charge in [-0.15, -0.1) is 0 Å². The Morgan fingerprint density at radius 1 is 1.00 bits per heavy atom. The number of hydrogen-bond donors (Lipinski definition) is 3. The lowest BCUT2D eigenvalue weighted by Crippen LogP contribution is -2.00. The van der Waals surface area contributed by atoms with E-state index in [-0.39, 0.29) is 0 Å². The van der Waals surface area contributed by atoms with Gasteiger partial charge in [0.25, 0.3) is 0 Å². The predicted octanol–water partition coefficient (Wildman–Crippen LogP) is 4.03. The van der Waals surface area contributed by atoms with E-state index in [1.165, 1.54) is 0 Å². The molecule has 108 valence electrons.